The fraction of sp³-hybridized carbons (Fsp3) is 0.611. The van der Waals surface area contributed by atoms with Crippen LogP contribution in [-0.2, 0) is 14.3 Å². The van der Waals surface area contributed by atoms with Crippen LogP contribution in [0.1, 0.15) is 58.9 Å². The first-order chi connectivity index (χ1) is 11.2. The Morgan fingerprint density at radius 3 is 2.50 bits per heavy atom. The maximum Gasteiger partial charge on any atom is 0.305 e. The van der Waals surface area contributed by atoms with Gasteiger partial charge in [0.05, 0.1) is 13.7 Å². The number of methoxy groups -OCH3 is 1. The van der Waals surface area contributed by atoms with Crippen molar-refractivity contribution < 1.29 is 19.1 Å². The molecule has 24 heavy (non-hydrogen) atoms. The van der Waals surface area contributed by atoms with Gasteiger partial charge in [0.2, 0.25) is 11.8 Å². The number of hydrogen-bond acceptors (Lipinski definition) is 5. The lowest BCUT2D eigenvalue weighted by Crippen LogP contribution is -2.28. The van der Waals surface area contributed by atoms with Crippen molar-refractivity contribution in [3.63, 3.8) is 0 Å². The fourth-order valence-electron chi connectivity index (χ4n) is 1.97. The van der Waals surface area contributed by atoms with Crippen LogP contribution in [-0.4, -0.2) is 30.6 Å². The molecular formula is C18H28N2O4. The van der Waals surface area contributed by atoms with E-state index in [1.165, 1.54) is 7.11 Å². The van der Waals surface area contributed by atoms with Gasteiger partial charge in [-0.05, 0) is 24.0 Å². The highest BCUT2D eigenvalue weighted by Crippen LogP contribution is 2.29. The number of amides is 1. The van der Waals surface area contributed by atoms with Crippen LogP contribution in [0.4, 0.5) is 5.82 Å². The van der Waals surface area contributed by atoms with Gasteiger partial charge in [0, 0.05) is 17.9 Å². The van der Waals surface area contributed by atoms with Crippen LogP contribution in [0.2, 0.25) is 0 Å². The summed E-state index contributed by atoms with van der Waals surface area (Å²) in [5.74, 6) is 0.671. The van der Waals surface area contributed by atoms with Crippen LogP contribution in [0.3, 0.4) is 0 Å². The Hall–Kier alpha value is -2.11. The molecule has 1 amide bonds. The van der Waals surface area contributed by atoms with Crippen molar-refractivity contribution in [1.82, 2.24) is 4.98 Å². The summed E-state index contributed by atoms with van der Waals surface area (Å²) in [6, 6.07) is 3.65. The van der Waals surface area contributed by atoms with Crippen LogP contribution >= 0.6 is 0 Å². The minimum absolute atomic E-state index is 0.0725. The maximum absolute atomic E-state index is 12.3. The second kappa shape index (κ2) is 8.66. The number of hydrogen-bond donors (Lipinski definition) is 1. The topological polar surface area (TPSA) is 77.5 Å². The molecule has 0 fully saturated rings. The lowest BCUT2D eigenvalue weighted by atomic mass is 9.94. The van der Waals surface area contributed by atoms with Gasteiger partial charge in [-0.3, -0.25) is 9.59 Å². The highest BCUT2D eigenvalue weighted by Gasteiger charge is 2.24. The molecule has 0 saturated heterocycles. The van der Waals surface area contributed by atoms with E-state index in [-0.39, 0.29) is 17.8 Å². The van der Waals surface area contributed by atoms with Crippen LogP contribution in [0, 0.1) is 5.41 Å². The summed E-state index contributed by atoms with van der Waals surface area (Å²) in [7, 11) is 1.53. The number of carbonyl (C=O) groups excluding carboxylic acids is 2. The lowest BCUT2D eigenvalue weighted by Gasteiger charge is -2.21. The number of aromatic nitrogens is 1. The van der Waals surface area contributed by atoms with E-state index in [1.54, 1.807) is 13.0 Å². The van der Waals surface area contributed by atoms with Crippen LogP contribution in [0.15, 0.2) is 12.1 Å². The lowest BCUT2D eigenvalue weighted by molar-refractivity contribution is -0.143. The summed E-state index contributed by atoms with van der Waals surface area (Å²) in [4.78, 5) is 27.9. The highest BCUT2D eigenvalue weighted by atomic mass is 16.5. The smallest absolute Gasteiger partial charge is 0.305 e. The van der Waals surface area contributed by atoms with Crippen molar-refractivity contribution in [3.8, 4) is 5.88 Å². The minimum atomic E-state index is -0.526. The standard InChI is InChI=1S/C18H28N2O4/c1-7-15(21)24-11-10-12(2)13-8-9-14(23-6)19-16(13)20-17(22)18(3,4)5/h8-9,12H,7,10-11H2,1-6H3,(H,19,20,22). The molecule has 1 heterocycles. The zero-order valence-electron chi connectivity index (χ0n) is 15.4. The summed E-state index contributed by atoms with van der Waals surface area (Å²) in [6.45, 7) is 9.64. The van der Waals surface area contributed by atoms with Gasteiger partial charge in [0.25, 0.3) is 0 Å². The molecule has 6 heteroatoms. The van der Waals surface area contributed by atoms with E-state index in [1.807, 2.05) is 33.8 Å². The Bertz CT molecular complexity index is 579. The predicted octanol–water partition coefficient (Wildman–Crippen LogP) is 3.52. The number of anilines is 1. The van der Waals surface area contributed by atoms with Gasteiger partial charge in [-0.25, -0.2) is 0 Å². The largest absolute Gasteiger partial charge is 0.481 e. The van der Waals surface area contributed by atoms with Gasteiger partial charge in [0.15, 0.2) is 0 Å². The summed E-state index contributed by atoms with van der Waals surface area (Å²) in [5, 5.41) is 2.88. The van der Waals surface area contributed by atoms with E-state index >= 15 is 0 Å². The Balaban J connectivity index is 2.92. The first-order valence-electron chi connectivity index (χ1n) is 8.21. The average Bonchev–Trinajstić information content (AvgIpc) is 2.53. The number of rotatable bonds is 7. The van der Waals surface area contributed by atoms with Crippen LogP contribution in [0.5, 0.6) is 5.88 Å². The molecule has 1 aromatic heterocycles. The van der Waals surface area contributed by atoms with Crippen molar-refractivity contribution in [2.45, 2.75) is 53.4 Å². The van der Waals surface area contributed by atoms with Crippen LogP contribution in [0.25, 0.3) is 0 Å². The third kappa shape index (κ3) is 5.83. The van der Waals surface area contributed by atoms with Gasteiger partial charge >= 0.3 is 5.97 Å². The van der Waals surface area contributed by atoms with Crippen LogP contribution < -0.4 is 10.1 Å². The van der Waals surface area contributed by atoms with E-state index < -0.39 is 5.41 Å². The summed E-state index contributed by atoms with van der Waals surface area (Å²) < 4.78 is 10.3. The molecule has 1 unspecified atom stereocenters. The molecule has 134 valence electrons. The molecule has 1 rings (SSSR count). The molecule has 0 radical (unpaired) electrons. The molecule has 0 aromatic carbocycles. The van der Waals surface area contributed by atoms with Crippen molar-refractivity contribution in [2.24, 2.45) is 5.41 Å². The number of esters is 1. The molecular weight excluding hydrogens is 308 g/mol. The molecule has 0 bridgehead atoms. The van der Waals surface area contributed by atoms with E-state index in [4.69, 9.17) is 9.47 Å². The molecule has 1 N–H and O–H groups in total. The Labute approximate surface area is 143 Å². The van der Waals surface area contributed by atoms with E-state index in [2.05, 4.69) is 10.3 Å². The highest BCUT2D eigenvalue weighted by molar-refractivity contribution is 5.94. The van der Waals surface area contributed by atoms with E-state index in [9.17, 15) is 9.59 Å². The molecule has 0 aliphatic heterocycles. The predicted molar refractivity (Wildman–Crippen MR) is 93.2 cm³/mol. The Morgan fingerprint density at radius 2 is 1.96 bits per heavy atom. The number of nitrogens with one attached hydrogen (secondary N) is 1. The quantitative estimate of drug-likeness (QED) is 0.771. The SMILES string of the molecule is CCC(=O)OCCC(C)c1ccc(OC)nc1NC(=O)C(C)(C)C. The zero-order valence-corrected chi connectivity index (χ0v) is 15.4. The first-order valence-corrected chi connectivity index (χ1v) is 8.21. The van der Waals surface area contributed by atoms with Gasteiger partial charge in [0.1, 0.15) is 5.82 Å². The van der Waals surface area contributed by atoms with Crippen molar-refractivity contribution in [2.75, 3.05) is 19.0 Å². The van der Waals surface area contributed by atoms with Crippen molar-refractivity contribution in [3.05, 3.63) is 17.7 Å². The van der Waals surface area contributed by atoms with E-state index in [0.29, 0.717) is 31.1 Å². The van der Waals surface area contributed by atoms with E-state index in [0.717, 1.165) is 5.56 Å². The molecule has 0 saturated carbocycles. The molecule has 0 aliphatic rings. The molecule has 1 atom stereocenters. The van der Waals surface area contributed by atoms with Crippen molar-refractivity contribution in [1.29, 1.82) is 0 Å². The Morgan fingerprint density at radius 1 is 1.29 bits per heavy atom. The third-order valence-electron chi connectivity index (χ3n) is 3.66. The second-order valence-electron chi connectivity index (χ2n) is 6.76. The first kappa shape index (κ1) is 19.9. The second-order valence-corrected chi connectivity index (χ2v) is 6.76. The summed E-state index contributed by atoms with van der Waals surface area (Å²) >= 11 is 0. The Kier molecular flexibility index (Phi) is 7.19. The van der Waals surface area contributed by atoms with Gasteiger partial charge < -0.3 is 14.8 Å². The number of nitrogens with zero attached hydrogens (tertiary/aromatic N) is 1. The molecule has 6 nitrogen and oxygen atoms in total. The molecule has 0 aliphatic carbocycles. The number of pyridine rings is 1. The monoisotopic (exact) mass is 336 g/mol. The molecule has 0 spiro atoms. The van der Waals surface area contributed by atoms with Gasteiger partial charge in [-0.1, -0.05) is 34.6 Å². The fourth-order valence-corrected chi connectivity index (χ4v) is 1.97. The van der Waals surface area contributed by atoms with Gasteiger partial charge in [-0.15, -0.1) is 0 Å². The normalized spacial score (nSPS) is 12.4. The van der Waals surface area contributed by atoms with Crippen molar-refractivity contribution >= 4 is 17.7 Å². The molecule has 1 aromatic rings. The maximum atomic E-state index is 12.3. The average molecular weight is 336 g/mol. The third-order valence-corrected chi connectivity index (χ3v) is 3.66. The number of ether oxygens (including phenoxy) is 2. The summed E-state index contributed by atoms with van der Waals surface area (Å²) in [5.41, 5.74) is 0.364. The number of carbonyl (C=O) groups is 2. The summed E-state index contributed by atoms with van der Waals surface area (Å²) in [6.07, 6.45) is 1.02. The zero-order chi connectivity index (χ0) is 18.3. The minimum Gasteiger partial charge on any atom is -0.481 e. The van der Waals surface area contributed by atoms with Gasteiger partial charge in [-0.2, -0.15) is 4.98 Å².